The van der Waals surface area contributed by atoms with Crippen LogP contribution in [0.1, 0.15) is 37.7 Å². The number of hydrogen-bond acceptors (Lipinski definition) is 4. The largest absolute Gasteiger partial charge is 0.489 e. The zero-order chi connectivity index (χ0) is 20.2. The molecule has 3 heterocycles. The normalized spacial score (nSPS) is 21.6. The Kier molecular flexibility index (Phi) is 6.33. The van der Waals surface area contributed by atoms with Crippen LogP contribution in [0.3, 0.4) is 0 Å². The molecule has 3 aliphatic heterocycles. The number of piperidine rings is 1. The van der Waals surface area contributed by atoms with Gasteiger partial charge < -0.3 is 24.6 Å². The predicted molar refractivity (Wildman–Crippen MR) is 109 cm³/mol. The van der Waals surface area contributed by atoms with E-state index >= 15 is 0 Å². The number of nitrogens with zero attached hydrogens (tertiary/aromatic N) is 2. The highest BCUT2D eigenvalue weighted by Gasteiger charge is 2.31. The van der Waals surface area contributed by atoms with Gasteiger partial charge in [-0.2, -0.15) is 0 Å². The summed E-state index contributed by atoms with van der Waals surface area (Å²) in [6.07, 6.45) is 4.61. The van der Waals surface area contributed by atoms with Crippen LogP contribution in [0, 0.1) is 5.92 Å². The van der Waals surface area contributed by atoms with Gasteiger partial charge in [0.25, 0.3) is 0 Å². The molecule has 8 heteroatoms. The summed E-state index contributed by atoms with van der Waals surface area (Å²) in [7, 11) is 0. The average molecular weight is 422 g/mol. The van der Waals surface area contributed by atoms with Crippen LogP contribution in [-0.2, 0) is 11.3 Å². The van der Waals surface area contributed by atoms with E-state index in [2.05, 4.69) is 5.32 Å². The highest BCUT2D eigenvalue weighted by molar-refractivity contribution is 6.32. The third-order valence-electron chi connectivity index (χ3n) is 5.77. The molecular formula is C21H28ClN3O4. The van der Waals surface area contributed by atoms with E-state index in [-0.39, 0.29) is 17.9 Å². The Bertz CT molecular complexity index is 767. The first-order valence-corrected chi connectivity index (χ1v) is 10.9. The third-order valence-corrected chi connectivity index (χ3v) is 6.05. The van der Waals surface area contributed by atoms with Crippen LogP contribution in [0.5, 0.6) is 11.5 Å². The molecule has 158 valence electrons. The van der Waals surface area contributed by atoms with Gasteiger partial charge in [-0.15, -0.1) is 0 Å². The maximum atomic E-state index is 12.7. The Morgan fingerprint density at radius 3 is 2.62 bits per heavy atom. The molecule has 0 radical (unpaired) electrons. The number of benzene rings is 1. The summed E-state index contributed by atoms with van der Waals surface area (Å²) in [6, 6.07) is 3.76. The summed E-state index contributed by atoms with van der Waals surface area (Å²) in [6.45, 7) is 4.42. The zero-order valence-corrected chi connectivity index (χ0v) is 17.4. The van der Waals surface area contributed by atoms with E-state index < -0.39 is 0 Å². The average Bonchev–Trinajstić information content (AvgIpc) is 3.17. The van der Waals surface area contributed by atoms with Crippen molar-refractivity contribution >= 4 is 23.5 Å². The Balaban J connectivity index is 1.34. The lowest BCUT2D eigenvalue weighted by Gasteiger charge is -2.34. The maximum absolute atomic E-state index is 12.7. The highest BCUT2D eigenvalue weighted by Crippen LogP contribution is 2.38. The summed E-state index contributed by atoms with van der Waals surface area (Å²) < 4.78 is 11.4. The zero-order valence-electron chi connectivity index (χ0n) is 16.6. The molecule has 0 aromatic heterocycles. The smallest absolute Gasteiger partial charge is 0.320 e. The van der Waals surface area contributed by atoms with Crippen molar-refractivity contribution in [2.75, 3.05) is 39.4 Å². The number of urea groups is 1. The number of carbonyl (C=O) groups excluding carboxylic acids is 2. The molecule has 0 unspecified atom stereocenters. The van der Waals surface area contributed by atoms with Crippen LogP contribution in [0.15, 0.2) is 12.1 Å². The molecule has 4 rings (SSSR count). The number of rotatable bonds is 3. The monoisotopic (exact) mass is 421 g/mol. The van der Waals surface area contributed by atoms with Gasteiger partial charge in [0.15, 0.2) is 11.5 Å². The predicted octanol–water partition coefficient (Wildman–Crippen LogP) is 3.05. The molecule has 29 heavy (non-hydrogen) atoms. The lowest BCUT2D eigenvalue weighted by atomic mass is 9.97. The summed E-state index contributed by atoms with van der Waals surface area (Å²) >= 11 is 6.33. The number of halogens is 1. The molecule has 3 amide bonds. The van der Waals surface area contributed by atoms with E-state index in [1.54, 1.807) is 6.07 Å². The van der Waals surface area contributed by atoms with Crippen LogP contribution < -0.4 is 14.8 Å². The maximum Gasteiger partial charge on any atom is 0.320 e. The van der Waals surface area contributed by atoms with E-state index in [0.717, 1.165) is 57.3 Å². The van der Waals surface area contributed by atoms with E-state index in [4.69, 9.17) is 21.1 Å². The minimum atomic E-state index is -0.175. The summed E-state index contributed by atoms with van der Waals surface area (Å²) in [5, 5.41) is 3.50. The second-order valence-corrected chi connectivity index (χ2v) is 8.34. The fourth-order valence-electron chi connectivity index (χ4n) is 4.19. The van der Waals surface area contributed by atoms with Crippen molar-refractivity contribution in [1.29, 1.82) is 0 Å². The van der Waals surface area contributed by atoms with Crippen LogP contribution in [0.25, 0.3) is 0 Å². The molecule has 1 atom stereocenters. The van der Waals surface area contributed by atoms with Crippen molar-refractivity contribution in [2.24, 2.45) is 5.92 Å². The van der Waals surface area contributed by atoms with Crippen molar-refractivity contribution in [3.05, 3.63) is 22.7 Å². The Hall–Kier alpha value is -2.15. The van der Waals surface area contributed by atoms with E-state index in [0.29, 0.717) is 42.8 Å². The van der Waals surface area contributed by atoms with E-state index in [1.165, 1.54) is 0 Å². The first kappa shape index (κ1) is 20.1. The molecule has 3 aliphatic rings. The van der Waals surface area contributed by atoms with Gasteiger partial charge in [-0.25, -0.2) is 4.79 Å². The molecular weight excluding hydrogens is 394 g/mol. The van der Waals surface area contributed by atoms with Gasteiger partial charge in [-0.3, -0.25) is 4.79 Å². The van der Waals surface area contributed by atoms with Gasteiger partial charge >= 0.3 is 6.03 Å². The number of fused-ring (bicyclic) bond motifs is 1. The molecule has 0 bridgehead atoms. The number of carbonyl (C=O) groups is 2. The molecule has 7 nitrogen and oxygen atoms in total. The molecule has 1 aromatic carbocycles. The molecule has 0 saturated carbocycles. The molecule has 1 N–H and O–H groups in total. The van der Waals surface area contributed by atoms with Crippen LogP contribution >= 0.6 is 11.6 Å². The van der Waals surface area contributed by atoms with Gasteiger partial charge in [-0.1, -0.05) is 11.6 Å². The Morgan fingerprint density at radius 2 is 1.79 bits per heavy atom. The second-order valence-electron chi connectivity index (χ2n) is 7.94. The van der Waals surface area contributed by atoms with Gasteiger partial charge in [0.1, 0.15) is 0 Å². The Labute approximate surface area is 176 Å². The second kappa shape index (κ2) is 9.11. The number of amides is 3. The van der Waals surface area contributed by atoms with E-state index in [9.17, 15) is 9.59 Å². The minimum Gasteiger partial charge on any atom is -0.489 e. The van der Waals surface area contributed by atoms with Crippen molar-refractivity contribution in [3.8, 4) is 11.5 Å². The lowest BCUT2D eigenvalue weighted by Crippen LogP contribution is -2.49. The summed E-state index contributed by atoms with van der Waals surface area (Å²) in [5.41, 5.74) is 0.869. The summed E-state index contributed by atoms with van der Waals surface area (Å²) in [5.74, 6) is 1.00. The van der Waals surface area contributed by atoms with Crippen molar-refractivity contribution in [1.82, 2.24) is 15.1 Å². The van der Waals surface area contributed by atoms with Gasteiger partial charge in [0, 0.05) is 39.1 Å². The molecule has 0 spiro atoms. The standard InChI is InChI=1S/C21H28ClN3O4/c22-17-11-15(12-18-19(17)29-10-4-9-28-18)13-23-20(26)16-5-3-8-25(14-16)21(27)24-6-1-2-7-24/h11-12,16H,1-10,13-14H2,(H,23,26)/t16-/m0/s1. The van der Waals surface area contributed by atoms with Crippen molar-refractivity contribution < 1.29 is 19.1 Å². The van der Waals surface area contributed by atoms with Gasteiger partial charge in [0.2, 0.25) is 5.91 Å². The van der Waals surface area contributed by atoms with Crippen molar-refractivity contribution in [3.63, 3.8) is 0 Å². The van der Waals surface area contributed by atoms with Crippen LogP contribution in [-0.4, -0.2) is 61.1 Å². The highest BCUT2D eigenvalue weighted by atomic mass is 35.5. The number of likely N-dealkylation sites (tertiary alicyclic amines) is 2. The molecule has 2 fully saturated rings. The molecule has 1 aromatic rings. The number of hydrogen-bond donors (Lipinski definition) is 1. The third kappa shape index (κ3) is 4.71. The first-order valence-electron chi connectivity index (χ1n) is 10.5. The van der Waals surface area contributed by atoms with Crippen molar-refractivity contribution in [2.45, 2.75) is 38.6 Å². The number of nitrogens with one attached hydrogen (secondary N) is 1. The minimum absolute atomic E-state index is 0.0212. The lowest BCUT2D eigenvalue weighted by molar-refractivity contribution is -0.126. The Morgan fingerprint density at radius 1 is 1.03 bits per heavy atom. The number of ether oxygens (including phenoxy) is 2. The quantitative estimate of drug-likeness (QED) is 0.814. The molecule has 0 aliphatic carbocycles. The summed E-state index contributed by atoms with van der Waals surface area (Å²) in [4.78, 5) is 29.1. The first-order chi connectivity index (χ1) is 14.1. The molecule has 2 saturated heterocycles. The fourth-order valence-corrected chi connectivity index (χ4v) is 4.48. The van der Waals surface area contributed by atoms with Crippen LogP contribution in [0.2, 0.25) is 5.02 Å². The van der Waals surface area contributed by atoms with Gasteiger partial charge in [0.05, 0.1) is 24.2 Å². The topological polar surface area (TPSA) is 71.1 Å². The van der Waals surface area contributed by atoms with E-state index in [1.807, 2.05) is 15.9 Å². The van der Waals surface area contributed by atoms with Gasteiger partial charge in [-0.05, 0) is 43.4 Å². The van der Waals surface area contributed by atoms with Crippen LogP contribution in [0.4, 0.5) is 4.79 Å². The fraction of sp³-hybridized carbons (Fsp3) is 0.619. The SMILES string of the molecule is O=C(NCc1cc(Cl)c2c(c1)OCCCO2)[C@H]1CCCN(C(=O)N2CCCC2)C1.